The Morgan fingerprint density at radius 3 is 2.93 bits per heavy atom. The molecule has 4 aromatic rings. The maximum Gasteiger partial charge on any atom is 0.420 e. The first-order valence-electron chi connectivity index (χ1n) is 9.09. The van der Waals surface area contributed by atoms with Gasteiger partial charge in [0.25, 0.3) is 0 Å². The van der Waals surface area contributed by atoms with Gasteiger partial charge in [-0.1, -0.05) is 11.6 Å². The number of rotatable bonds is 6. The van der Waals surface area contributed by atoms with Gasteiger partial charge in [-0.05, 0) is 37.3 Å². The highest BCUT2D eigenvalue weighted by atomic mass is 35.5. The number of hydrogen-bond donors (Lipinski definition) is 1. The minimum Gasteiger partial charge on any atom is -0.494 e. The Balaban J connectivity index is 1.51. The summed E-state index contributed by atoms with van der Waals surface area (Å²) >= 11 is 6.00. The van der Waals surface area contributed by atoms with E-state index < -0.39 is 5.76 Å². The molecular weight excluding hydrogens is 396 g/mol. The van der Waals surface area contributed by atoms with Crippen molar-refractivity contribution in [1.82, 2.24) is 19.4 Å². The van der Waals surface area contributed by atoms with E-state index in [0.717, 1.165) is 16.8 Å². The number of aromatic nitrogens is 3. The highest BCUT2D eigenvalue weighted by molar-refractivity contribution is 6.31. The van der Waals surface area contributed by atoms with Crippen molar-refractivity contribution < 1.29 is 13.9 Å². The van der Waals surface area contributed by atoms with Crippen LogP contribution < -0.4 is 10.5 Å². The second-order valence-electron chi connectivity index (χ2n) is 6.61. The number of likely N-dealkylation sites (N-methyl/N-ethyl adjacent to an activating group) is 1. The van der Waals surface area contributed by atoms with Crippen LogP contribution >= 0.6 is 11.6 Å². The Hall–Kier alpha value is -3.26. The van der Waals surface area contributed by atoms with Crippen LogP contribution in [-0.2, 0) is 17.9 Å². The van der Waals surface area contributed by atoms with Gasteiger partial charge in [0.1, 0.15) is 18.1 Å². The number of fused-ring (bicyclic) bond motifs is 2. The van der Waals surface area contributed by atoms with Gasteiger partial charge in [0, 0.05) is 18.1 Å². The molecule has 0 saturated carbocycles. The summed E-state index contributed by atoms with van der Waals surface area (Å²) in [4.78, 5) is 34.0. The number of aromatic amines is 1. The molecule has 4 rings (SSSR count). The van der Waals surface area contributed by atoms with Crippen LogP contribution in [0.25, 0.3) is 22.1 Å². The van der Waals surface area contributed by atoms with Crippen LogP contribution in [0.1, 0.15) is 12.7 Å². The number of hydrogen-bond acceptors (Lipinski definition) is 5. The van der Waals surface area contributed by atoms with Crippen LogP contribution in [0.3, 0.4) is 0 Å². The van der Waals surface area contributed by atoms with Gasteiger partial charge < -0.3 is 19.0 Å². The van der Waals surface area contributed by atoms with Crippen LogP contribution in [-0.4, -0.2) is 39.0 Å². The molecule has 0 aliphatic carbocycles. The van der Waals surface area contributed by atoms with Crippen molar-refractivity contribution in [2.24, 2.45) is 0 Å². The SMILES string of the molecule is CCOc1ccc2nc(CN(C)C(=O)Cn3c(=O)oc4ccc(Cl)cc43)[nH]c2c1. The van der Waals surface area contributed by atoms with Crippen LogP contribution in [0, 0.1) is 0 Å². The van der Waals surface area contributed by atoms with E-state index in [9.17, 15) is 9.59 Å². The van der Waals surface area contributed by atoms with E-state index >= 15 is 0 Å². The molecule has 29 heavy (non-hydrogen) atoms. The first-order chi connectivity index (χ1) is 13.9. The van der Waals surface area contributed by atoms with Gasteiger partial charge in [0.05, 0.1) is 29.7 Å². The average Bonchev–Trinajstić information content (AvgIpc) is 3.22. The normalized spacial score (nSPS) is 11.3. The molecule has 0 atom stereocenters. The van der Waals surface area contributed by atoms with Gasteiger partial charge in [-0.25, -0.2) is 9.78 Å². The van der Waals surface area contributed by atoms with E-state index in [1.165, 1.54) is 9.47 Å². The summed E-state index contributed by atoms with van der Waals surface area (Å²) in [5, 5.41) is 0.460. The molecule has 2 aromatic heterocycles. The van der Waals surface area contributed by atoms with Crippen molar-refractivity contribution in [1.29, 1.82) is 0 Å². The number of oxazole rings is 1. The van der Waals surface area contributed by atoms with E-state index in [1.807, 2.05) is 25.1 Å². The average molecular weight is 415 g/mol. The van der Waals surface area contributed by atoms with Gasteiger partial charge in [0.15, 0.2) is 5.58 Å². The molecule has 0 aliphatic rings. The number of benzene rings is 2. The van der Waals surface area contributed by atoms with Crippen molar-refractivity contribution >= 4 is 39.6 Å². The molecule has 1 amide bonds. The lowest BCUT2D eigenvalue weighted by Gasteiger charge is -2.15. The van der Waals surface area contributed by atoms with E-state index in [1.54, 1.807) is 25.2 Å². The highest BCUT2D eigenvalue weighted by Gasteiger charge is 2.17. The first-order valence-corrected chi connectivity index (χ1v) is 9.46. The number of amides is 1. The zero-order valence-electron chi connectivity index (χ0n) is 15.9. The maximum absolute atomic E-state index is 12.7. The van der Waals surface area contributed by atoms with Crippen molar-refractivity contribution in [3.05, 3.63) is 57.8 Å². The number of carbonyl (C=O) groups excluding carboxylic acids is 1. The Kier molecular flexibility index (Phi) is 5.02. The zero-order chi connectivity index (χ0) is 20.5. The van der Waals surface area contributed by atoms with Crippen LogP contribution in [0.2, 0.25) is 5.02 Å². The van der Waals surface area contributed by atoms with Gasteiger partial charge in [-0.2, -0.15) is 0 Å². The van der Waals surface area contributed by atoms with E-state index in [-0.39, 0.29) is 19.0 Å². The van der Waals surface area contributed by atoms with Crippen LogP contribution in [0.15, 0.2) is 45.6 Å². The standard InChI is InChI=1S/C20H19ClN4O4/c1-3-28-13-5-6-14-15(9-13)23-18(22-14)10-24(2)19(26)11-25-16-8-12(21)4-7-17(16)29-20(25)27/h4-9H,3,10-11H2,1-2H3,(H,22,23). The van der Waals surface area contributed by atoms with Gasteiger partial charge in [-0.3, -0.25) is 9.36 Å². The molecule has 0 unspecified atom stereocenters. The van der Waals surface area contributed by atoms with Crippen molar-refractivity contribution in [3.63, 3.8) is 0 Å². The van der Waals surface area contributed by atoms with E-state index in [4.69, 9.17) is 20.8 Å². The molecule has 150 valence electrons. The van der Waals surface area contributed by atoms with Crippen LogP contribution in [0.4, 0.5) is 0 Å². The molecule has 2 heterocycles. The number of nitrogens with zero attached hydrogens (tertiary/aromatic N) is 3. The number of halogens is 1. The summed E-state index contributed by atoms with van der Waals surface area (Å²) in [6.45, 7) is 2.61. The third-order valence-electron chi connectivity index (χ3n) is 4.55. The summed E-state index contributed by atoms with van der Waals surface area (Å²) in [6.07, 6.45) is 0. The Morgan fingerprint density at radius 2 is 2.14 bits per heavy atom. The van der Waals surface area contributed by atoms with E-state index in [2.05, 4.69) is 9.97 Å². The molecule has 8 nitrogen and oxygen atoms in total. The second-order valence-corrected chi connectivity index (χ2v) is 7.05. The second kappa shape index (κ2) is 7.63. The minimum absolute atomic E-state index is 0.155. The third-order valence-corrected chi connectivity index (χ3v) is 4.78. The molecule has 0 saturated heterocycles. The lowest BCUT2D eigenvalue weighted by Crippen LogP contribution is -2.32. The quantitative estimate of drug-likeness (QED) is 0.523. The van der Waals surface area contributed by atoms with Gasteiger partial charge in [0.2, 0.25) is 5.91 Å². The molecule has 9 heteroatoms. The monoisotopic (exact) mass is 414 g/mol. The van der Waals surface area contributed by atoms with Crippen LogP contribution in [0.5, 0.6) is 5.75 Å². The third kappa shape index (κ3) is 3.84. The van der Waals surface area contributed by atoms with Crippen molar-refractivity contribution in [2.75, 3.05) is 13.7 Å². The van der Waals surface area contributed by atoms with Gasteiger partial charge >= 0.3 is 5.76 Å². The zero-order valence-corrected chi connectivity index (χ0v) is 16.7. The van der Waals surface area contributed by atoms with Gasteiger partial charge in [-0.15, -0.1) is 0 Å². The van der Waals surface area contributed by atoms with Crippen molar-refractivity contribution in [2.45, 2.75) is 20.0 Å². The summed E-state index contributed by atoms with van der Waals surface area (Å²) in [5.74, 6) is 0.530. The highest BCUT2D eigenvalue weighted by Crippen LogP contribution is 2.20. The largest absolute Gasteiger partial charge is 0.494 e. The molecule has 0 radical (unpaired) electrons. The smallest absolute Gasteiger partial charge is 0.420 e. The molecule has 0 bridgehead atoms. The predicted octanol–water partition coefficient (Wildman–Crippen LogP) is 3.18. The fraction of sp³-hybridized carbons (Fsp3) is 0.250. The summed E-state index contributed by atoms with van der Waals surface area (Å²) in [7, 11) is 1.65. The number of H-pyrrole nitrogens is 1. The summed E-state index contributed by atoms with van der Waals surface area (Å²) in [6, 6.07) is 10.4. The molecular formula is C20H19ClN4O4. The molecule has 0 fully saturated rings. The fourth-order valence-corrected chi connectivity index (χ4v) is 3.29. The number of imidazole rings is 1. The van der Waals surface area contributed by atoms with E-state index in [0.29, 0.717) is 28.6 Å². The number of ether oxygens (including phenoxy) is 1. The lowest BCUT2D eigenvalue weighted by molar-refractivity contribution is -0.131. The Morgan fingerprint density at radius 1 is 1.31 bits per heavy atom. The first kappa shape index (κ1) is 19.1. The summed E-state index contributed by atoms with van der Waals surface area (Å²) in [5.41, 5.74) is 2.49. The minimum atomic E-state index is -0.601. The Labute approximate surface area is 170 Å². The van der Waals surface area contributed by atoms with Crippen molar-refractivity contribution in [3.8, 4) is 5.75 Å². The molecule has 0 aliphatic heterocycles. The predicted molar refractivity (Wildman–Crippen MR) is 109 cm³/mol. The lowest BCUT2D eigenvalue weighted by atomic mass is 10.3. The summed E-state index contributed by atoms with van der Waals surface area (Å²) < 4.78 is 11.9. The number of nitrogens with one attached hydrogen (secondary N) is 1. The molecule has 0 spiro atoms. The molecule has 2 aromatic carbocycles. The Bertz CT molecular complexity index is 1260. The maximum atomic E-state index is 12.7. The fourth-order valence-electron chi connectivity index (χ4n) is 3.13. The number of carbonyl (C=O) groups is 1. The topological polar surface area (TPSA) is 93.4 Å². The molecule has 1 N–H and O–H groups in total.